The van der Waals surface area contributed by atoms with Crippen LogP contribution in [0.2, 0.25) is 0 Å². The first-order valence-electron chi connectivity index (χ1n) is 9.02. The van der Waals surface area contributed by atoms with Crippen LogP contribution in [0.15, 0.2) is 12.2 Å². The molecule has 0 N–H and O–H groups in total. The van der Waals surface area contributed by atoms with Crippen LogP contribution in [0, 0.1) is 0 Å². The maximum atomic E-state index is 14.7. The van der Waals surface area contributed by atoms with E-state index in [1.54, 1.807) is 0 Å². The Hall–Kier alpha value is -1.54. The molecule has 0 aromatic rings. The first-order chi connectivity index (χ1) is 14.0. The normalized spacial score (nSPS) is 25.6. The lowest BCUT2D eigenvalue weighted by atomic mass is 9.91. The van der Waals surface area contributed by atoms with Crippen molar-refractivity contribution in [1.29, 1.82) is 0 Å². The Bertz CT molecular complexity index is 758. The van der Waals surface area contributed by atoms with Crippen molar-refractivity contribution < 1.29 is 66.4 Å². The van der Waals surface area contributed by atoms with Crippen LogP contribution in [0.25, 0.3) is 0 Å². The fraction of sp³-hybridized carbons (Fsp3) is 0.824. The van der Waals surface area contributed by atoms with Gasteiger partial charge in [0, 0.05) is 12.0 Å². The summed E-state index contributed by atoms with van der Waals surface area (Å²) in [5.41, 5.74) is -0.473. The fourth-order valence-corrected chi connectivity index (χ4v) is 3.91. The van der Waals surface area contributed by atoms with Gasteiger partial charge in [-0.1, -0.05) is 20.4 Å². The molecule has 0 aromatic heterocycles. The third kappa shape index (κ3) is 3.40. The van der Waals surface area contributed by atoms with Gasteiger partial charge in [-0.05, 0) is 13.3 Å². The molecule has 1 rings (SSSR count). The number of quaternary nitrogens is 1. The lowest BCUT2D eigenvalue weighted by molar-refractivity contribution is -0.755. The highest BCUT2D eigenvalue weighted by atomic mass is 19.4. The van der Waals surface area contributed by atoms with Crippen molar-refractivity contribution in [1.82, 2.24) is 0 Å². The average Bonchev–Trinajstić information content (AvgIpc) is 3.28. The predicted octanol–water partition coefficient (Wildman–Crippen LogP) is 6.22. The van der Waals surface area contributed by atoms with E-state index >= 15 is 0 Å². The molecule has 3 unspecified atom stereocenters. The Morgan fingerprint density at radius 1 is 0.781 bits per heavy atom. The van der Waals surface area contributed by atoms with Crippen molar-refractivity contribution in [2.45, 2.75) is 81.5 Å². The highest BCUT2D eigenvalue weighted by Gasteiger charge is 2.95. The van der Waals surface area contributed by atoms with Gasteiger partial charge >= 0.3 is 41.7 Å². The van der Waals surface area contributed by atoms with Crippen LogP contribution in [-0.4, -0.2) is 64.8 Å². The fourth-order valence-electron chi connectivity index (χ4n) is 3.91. The van der Waals surface area contributed by atoms with E-state index in [9.17, 15) is 61.9 Å². The quantitative estimate of drug-likeness (QED) is 0.159. The maximum Gasteiger partial charge on any atom is 0.460 e. The van der Waals surface area contributed by atoms with Crippen LogP contribution in [-0.2, 0) is 4.79 Å². The average molecular weight is 500 g/mol. The van der Waals surface area contributed by atoms with E-state index in [0.717, 1.165) is 13.8 Å². The van der Waals surface area contributed by atoms with Crippen LogP contribution in [0.4, 0.5) is 57.1 Å². The number of carbonyl (C=O) groups is 1. The van der Waals surface area contributed by atoms with Gasteiger partial charge in [0.05, 0.1) is 6.54 Å². The van der Waals surface area contributed by atoms with Crippen LogP contribution in [0.3, 0.4) is 0 Å². The summed E-state index contributed by atoms with van der Waals surface area (Å²) >= 11 is 0. The Morgan fingerprint density at radius 3 is 1.50 bits per heavy atom. The molecule has 0 spiro atoms. The number of alkyl halides is 13. The van der Waals surface area contributed by atoms with Gasteiger partial charge in [-0.15, -0.1) is 0 Å². The topological polar surface area (TPSA) is 17.1 Å². The number of hydrogen-bond acceptors (Lipinski definition) is 1. The largest absolute Gasteiger partial charge is 0.460 e. The number of amides is 1. The lowest BCUT2D eigenvalue weighted by Crippen LogP contribution is -2.71. The third-order valence-electron chi connectivity index (χ3n) is 5.45. The Balaban J connectivity index is 3.67. The number of hydrogen-bond donors (Lipinski definition) is 0. The predicted molar refractivity (Wildman–Crippen MR) is 83.9 cm³/mol. The summed E-state index contributed by atoms with van der Waals surface area (Å²) in [6.45, 7) is 5.84. The summed E-state index contributed by atoms with van der Waals surface area (Å²) in [6, 6.07) is -4.92. The molecule has 1 aliphatic rings. The smallest absolute Gasteiger partial charge is 0.236 e. The van der Waals surface area contributed by atoms with E-state index < -0.39 is 76.8 Å². The summed E-state index contributed by atoms with van der Waals surface area (Å²) in [6.07, 6.45) is -8.16. The Kier molecular flexibility index (Phi) is 6.91. The molecule has 32 heavy (non-hydrogen) atoms. The van der Waals surface area contributed by atoms with Gasteiger partial charge < -0.3 is 0 Å². The standard InChI is InChI=1S/C17H19F13NO/c1-5-7-31(11(32)8(3)4)9(6-2)10(31)12(18,19)13(20,21)14(22,23)15(24,25)16(26,27)17(28,29)30/h9-10H,3,5-7H2,1-2,4H3/q+1. The minimum Gasteiger partial charge on any atom is -0.236 e. The van der Waals surface area contributed by atoms with Gasteiger partial charge in [0.2, 0.25) is 6.04 Å². The maximum absolute atomic E-state index is 14.7. The van der Waals surface area contributed by atoms with Gasteiger partial charge in [0.1, 0.15) is 0 Å². The summed E-state index contributed by atoms with van der Waals surface area (Å²) in [5.74, 6) is -38.6. The molecular weight excluding hydrogens is 481 g/mol. The van der Waals surface area contributed by atoms with E-state index in [-0.39, 0.29) is 6.42 Å². The zero-order valence-corrected chi connectivity index (χ0v) is 16.8. The van der Waals surface area contributed by atoms with Gasteiger partial charge in [-0.3, -0.25) is 0 Å². The van der Waals surface area contributed by atoms with Crippen molar-refractivity contribution >= 4 is 5.91 Å². The second kappa shape index (κ2) is 7.76. The molecule has 0 aromatic carbocycles. The third-order valence-corrected chi connectivity index (χ3v) is 5.45. The summed E-state index contributed by atoms with van der Waals surface area (Å²) in [7, 11) is 0. The van der Waals surface area contributed by atoms with Crippen LogP contribution in [0.5, 0.6) is 0 Å². The molecule has 0 bridgehead atoms. The van der Waals surface area contributed by atoms with E-state index in [2.05, 4.69) is 6.58 Å². The first kappa shape index (κ1) is 28.5. The van der Waals surface area contributed by atoms with Crippen molar-refractivity contribution in [2.24, 2.45) is 0 Å². The van der Waals surface area contributed by atoms with Crippen molar-refractivity contribution in [3.8, 4) is 0 Å². The minimum atomic E-state index is -7.96. The monoisotopic (exact) mass is 500 g/mol. The highest BCUT2D eigenvalue weighted by Crippen LogP contribution is 2.64. The number of nitrogens with zero attached hydrogens (tertiary/aromatic N) is 1. The molecule has 15 heteroatoms. The second-order valence-electron chi connectivity index (χ2n) is 7.58. The molecule has 0 aliphatic carbocycles. The molecule has 0 saturated carbocycles. The van der Waals surface area contributed by atoms with Gasteiger partial charge in [0.15, 0.2) is 6.04 Å². The van der Waals surface area contributed by atoms with Crippen LogP contribution >= 0.6 is 0 Å². The summed E-state index contributed by atoms with van der Waals surface area (Å²) in [4.78, 5) is 12.4. The van der Waals surface area contributed by atoms with Gasteiger partial charge in [-0.2, -0.15) is 57.1 Å². The van der Waals surface area contributed by atoms with Crippen molar-refractivity contribution in [3.63, 3.8) is 0 Å². The summed E-state index contributed by atoms with van der Waals surface area (Å²) < 4.78 is 173. The molecule has 1 saturated heterocycles. The van der Waals surface area contributed by atoms with E-state index in [1.807, 2.05) is 0 Å². The van der Waals surface area contributed by atoms with E-state index in [0.29, 0.717) is 0 Å². The molecule has 3 atom stereocenters. The van der Waals surface area contributed by atoms with E-state index in [4.69, 9.17) is 0 Å². The summed E-state index contributed by atoms with van der Waals surface area (Å²) in [5, 5.41) is 0. The molecule has 2 nitrogen and oxygen atoms in total. The molecule has 188 valence electrons. The number of carbonyl (C=O) groups excluding carboxylic acids is 1. The zero-order valence-electron chi connectivity index (χ0n) is 16.8. The second-order valence-corrected chi connectivity index (χ2v) is 7.58. The number of rotatable bonds is 9. The van der Waals surface area contributed by atoms with Crippen molar-refractivity contribution in [2.75, 3.05) is 6.54 Å². The SMILES string of the molecule is C=C(C)C(=O)[N+]1(CCC)C(CC)C1C(F)(F)C(F)(F)C(F)(F)C(F)(F)C(F)(F)C(F)(F)F. The molecule has 1 heterocycles. The Morgan fingerprint density at radius 2 is 1.19 bits per heavy atom. The van der Waals surface area contributed by atoms with Crippen LogP contribution < -0.4 is 0 Å². The molecule has 1 aliphatic heterocycles. The zero-order chi connectivity index (χ0) is 25.9. The van der Waals surface area contributed by atoms with Crippen LogP contribution in [0.1, 0.15) is 33.6 Å². The van der Waals surface area contributed by atoms with E-state index in [1.165, 1.54) is 6.92 Å². The first-order valence-corrected chi connectivity index (χ1v) is 9.02. The van der Waals surface area contributed by atoms with Gasteiger partial charge in [-0.25, -0.2) is 9.28 Å². The molecular formula is C17H19F13NO+. The minimum absolute atomic E-state index is 0.160. The van der Waals surface area contributed by atoms with Gasteiger partial charge in [0.25, 0.3) is 0 Å². The Labute approximate surface area is 173 Å². The molecule has 1 amide bonds. The molecule has 0 radical (unpaired) electrons. The number of halogens is 13. The highest BCUT2D eigenvalue weighted by molar-refractivity contribution is 5.88. The van der Waals surface area contributed by atoms with Crippen molar-refractivity contribution in [3.05, 3.63) is 12.2 Å². The lowest BCUT2D eigenvalue weighted by Gasteiger charge is -2.39. The molecule has 1 fully saturated rings.